The van der Waals surface area contributed by atoms with Crippen LogP contribution >= 0.6 is 0 Å². The van der Waals surface area contributed by atoms with E-state index < -0.39 is 0 Å². The fraction of sp³-hybridized carbons (Fsp3) is 0.474. The Kier molecular flexibility index (Phi) is 4.14. The van der Waals surface area contributed by atoms with Gasteiger partial charge < -0.3 is 9.64 Å². The van der Waals surface area contributed by atoms with Crippen LogP contribution in [-0.2, 0) is 12.8 Å². The van der Waals surface area contributed by atoms with Gasteiger partial charge in [0.1, 0.15) is 17.9 Å². The summed E-state index contributed by atoms with van der Waals surface area (Å²) in [7, 11) is 0. The Labute approximate surface area is 137 Å². The van der Waals surface area contributed by atoms with E-state index in [1.165, 1.54) is 24.8 Å². The van der Waals surface area contributed by atoms with Crippen molar-refractivity contribution in [1.29, 1.82) is 0 Å². The molecule has 2 aromatic rings. The fourth-order valence-corrected chi connectivity index (χ4v) is 3.61. The van der Waals surface area contributed by atoms with Gasteiger partial charge in [0.15, 0.2) is 0 Å². The highest BCUT2D eigenvalue weighted by Crippen LogP contribution is 2.28. The quantitative estimate of drug-likeness (QED) is 0.872. The van der Waals surface area contributed by atoms with Crippen molar-refractivity contribution in [3.8, 4) is 5.75 Å². The predicted octanol–water partition coefficient (Wildman–Crippen LogP) is 3.26. The monoisotopic (exact) mass is 309 g/mol. The summed E-state index contributed by atoms with van der Waals surface area (Å²) >= 11 is 0. The zero-order valence-electron chi connectivity index (χ0n) is 13.4. The summed E-state index contributed by atoms with van der Waals surface area (Å²) in [6.07, 6.45) is 7.63. The molecule has 0 amide bonds. The molecule has 4 nitrogen and oxygen atoms in total. The molecule has 0 saturated carbocycles. The highest BCUT2D eigenvalue weighted by molar-refractivity contribution is 5.40. The molecule has 0 unspecified atom stereocenters. The van der Waals surface area contributed by atoms with Crippen LogP contribution in [0.2, 0.25) is 0 Å². The maximum Gasteiger partial charge on any atom is 0.132 e. The minimum Gasteiger partial charge on any atom is -0.493 e. The number of hydrogen-bond acceptors (Lipinski definition) is 4. The highest BCUT2D eigenvalue weighted by Gasteiger charge is 2.21. The van der Waals surface area contributed by atoms with E-state index in [0.717, 1.165) is 49.8 Å². The van der Waals surface area contributed by atoms with Crippen molar-refractivity contribution >= 4 is 5.82 Å². The van der Waals surface area contributed by atoms with Gasteiger partial charge in [-0.2, -0.15) is 0 Å². The van der Waals surface area contributed by atoms with Gasteiger partial charge in [-0.05, 0) is 43.7 Å². The van der Waals surface area contributed by atoms with E-state index in [1.807, 2.05) is 6.07 Å². The second-order valence-electron chi connectivity index (χ2n) is 6.61. The molecule has 4 heteroatoms. The number of para-hydroxylation sites is 1. The van der Waals surface area contributed by atoms with Crippen LogP contribution in [-0.4, -0.2) is 29.7 Å². The molecule has 0 spiro atoms. The van der Waals surface area contributed by atoms with Gasteiger partial charge in [0.05, 0.1) is 6.61 Å². The van der Waals surface area contributed by atoms with Crippen LogP contribution in [0, 0.1) is 5.92 Å². The van der Waals surface area contributed by atoms with Crippen molar-refractivity contribution in [2.45, 2.75) is 32.1 Å². The van der Waals surface area contributed by atoms with Gasteiger partial charge in [-0.3, -0.25) is 0 Å². The number of fused-ring (bicyclic) bond motifs is 1. The van der Waals surface area contributed by atoms with Gasteiger partial charge >= 0.3 is 0 Å². The summed E-state index contributed by atoms with van der Waals surface area (Å²) in [6, 6.07) is 10.5. The Hall–Kier alpha value is -2.10. The number of nitrogens with zero attached hydrogens (tertiary/aromatic N) is 3. The number of ether oxygens (including phenoxy) is 1. The van der Waals surface area contributed by atoms with Gasteiger partial charge in [0.25, 0.3) is 0 Å². The van der Waals surface area contributed by atoms with Crippen LogP contribution in [0.25, 0.3) is 0 Å². The molecule has 2 aliphatic rings. The Morgan fingerprint density at radius 2 is 1.96 bits per heavy atom. The van der Waals surface area contributed by atoms with E-state index in [4.69, 9.17) is 4.74 Å². The van der Waals surface area contributed by atoms with Crippen LogP contribution in [0.5, 0.6) is 5.75 Å². The fourth-order valence-electron chi connectivity index (χ4n) is 3.61. The summed E-state index contributed by atoms with van der Waals surface area (Å²) in [5, 5.41) is 0. The zero-order valence-corrected chi connectivity index (χ0v) is 13.4. The molecular weight excluding hydrogens is 286 g/mol. The van der Waals surface area contributed by atoms with Crippen molar-refractivity contribution in [3.05, 3.63) is 47.9 Å². The van der Waals surface area contributed by atoms with Gasteiger partial charge in [-0.1, -0.05) is 18.2 Å². The smallest absolute Gasteiger partial charge is 0.132 e. The van der Waals surface area contributed by atoms with Crippen LogP contribution < -0.4 is 9.64 Å². The number of anilines is 1. The third-order valence-corrected chi connectivity index (χ3v) is 4.84. The molecule has 0 bridgehead atoms. The third kappa shape index (κ3) is 3.31. The molecule has 0 N–H and O–H groups in total. The van der Waals surface area contributed by atoms with Crippen molar-refractivity contribution in [2.75, 3.05) is 24.6 Å². The standard InChI is InChI=1S/C19H23N3O/c1-4-8-22(9-5-1)19-12-17(20-14-21-19)11-15-10-16-6-2-3-7-18(16)23-13-15/h2-3,6-7,12,14-15H,1,4-5,8-11,13H2/t15-/m0/s1. The molecule has 1 saturated heterocycles. The van der Waals surface area contributed by atoms with Gasteiger partial charge in [0.2, 0.25) is 0 Å². The molecule has 23 heavy (non-hydrogen) atoms. The first-order chi connectivity index (χ1) is 11.4. The average molecular weight is 309 g/mol. The summed E-state index contributed by atoms with van der Waals surface area (Å²) in [4.78, 5) is 11.4. The molecular formula is C19H23N3O. The minimum absolute atomic E-state index is 0.494. The van der Waals surface area contributed by atoms with E-state index >= 15 is 0 Å². The average Bonchev–Trinajstić information content (AvgIpc) is 2.63. The molecule has 3 heterocycles. The number of piperidine rings is 1. The summed E-state index contributed by atoms with van der Waals surface area (Å²) in [5.41, 5.74) is 2.45. The summed E-state index contributed by atoms with van der Waals surface area (Å²) in [5.74, 6) is 2.63. The number of hydrogen-bond donors (Lipinski definition) is 0. The molecule has 1 aromatic heterocycles. The highest BCUT2D eigenvalue weighted by atomic mass is 16.5. The van der Waals surface area contributed by atoms with Crippen LogP contribution in [0.4, 0.5) is 5.82 Å². The van der Waals surface area contributed by atoms with Crippen LogP contribution in [0.1, 0.15) is 30.5 Å². The van der Waals surface area contributed by atoms with E-state index in [9.17, 15) is 0 Å². The lowest BCUT2D eigenvalue weighted by Gasteiger charge is -2.28. The summed E-state index contributed by atoms with van der Waals surface area (Å²) < 4.78 is 5.90. The lowest BCUT2D eigenvalue weighted by Crippen LogP contribution is -2.30. The van der Waals surface area contributed by atoms with Crippen LogP contribution in [0.15, 0.2) is 36.7 Å². The first-order valence-corrected chi connectivity index (χ1v) is 8.65. The predicted molar refractivity (Wildman–Crippen MR) is 90.9 cm³/mol. The zero-order chi connectivity index (χ0) is 15.5. The molecule has 120 valence electrons. The van der Waals surface area contributed by atoms with Gasteiger partial charge in [0, 0.05) is 30.8 Å². The summed E-state index contributed by atoms with van der Waals surface area (Å²) in [6.45, 7) is 3.02. The Morgan fingerprint density at radius 3 is 2.87 bits per heavy atom. The molecule has 2 aliphatic heterocycles. The van der Waals surface area contributed by atoms with E-state index in [2.05, 4.69) is 39.1 Å². The first kappa shape index (κ1) is 14.5. The van der Waals surface area contributed by atoms with Gasteiger partial charge in [-0.15, -0.1) is 0 Å². The number of aromatic nitrogens is 2. The second kappa shape index (κ2) is 6.57. The number of benzene rings is 1. The lowest BCUT2D eigenvalue weighted by molar-refractivity contribution is 0.220. The molecule has 1 aromatic carbocycles. The van der Waals surface area contributed by atoms with Crippen molar-refractivity contribution in [1.82, 2.24) is 9.97 Å². The van der Waals surface area contributed by atoms with Crippen LogP contribution in [0.3, 0.4) is 0 Å². The number of rotatable bonds is 3. The van der Waals surface area contributed by atoms with Gasteiger partial charge in [-0.25, -0.2) is 9.97 Å². The third-order valence-electron chi connectivity index (χ3n) is 4.84. The first-order valence-electron chi connectivity index (χ1n) is 8.65. The normalized spacial score (nSPS) is 20.7. The molecule has 1 fully saturated rings. The minimum atomic E-state index is 0.494. The molecule has 4 rings (SSSR count). The Morgan fingerprint density at radius 1 is 1.09 bits per heavy atom. The van der Waals surface area contributed by atoms with Crippen molar-refractivity contribution in [3.63, 3.8) is 0 Å². The maximum atomic E-state index is 5.90. The molecule has 0 radical (unpaired) electrons. The van der Waals surface area contributed by atoms with E-state index in [1.54, 1.807) is 6.33 Å². The molecule has 1 atom stereocenters. The van der Waals surface area contributed by atoms with E-state index in [0.29, 0.717) is 5.92 Å². The molecule has 0 aliphatic carbocycles. The van der Waals surface area contributed by atoms with Crippen molar-refractivity contribution in [2.24, 2.45) is 5.92 Å². The topological polar surface area (TPSA) is 38.2 Å². The Bertz CT molecular complexity index is 667. The maximum absolute atomic E-state index is 5.90. The lowest BCUT2D eigenvalue weighted by atomic mass is 9.93. The SMILES string of the molecule is c1ccc2c(c1)C[C@@H](Cc1cc(N3CCCCC3)ncn1)CO2. The van der Waals surface area contributed by atoms with Crippen molar-refractivity contribution < 1.29 is 4.74 Å². The Balaban J connectivity index is 1.45. The largest absolute Gasteiger partial charge is 0.493 e. The second-order valence-corrected chi connectivity index (χ2v) is 6.61. The van der Waals surface area contributed by atoms with E-state index in [-0.39, 0.29) is 0 Å².